The zero-order valence-corrected chi connectivity index (χ0v) is 19.4. The highest BCUT2D eigenvalue weighted by Gasteiger charge is 2.43. The number of hydrogen-bond acceptors (Lipinski definition) is 2. The summed E-state index contributed by atoms with van der Waals surface area (Å²) in [7, 11) is 0. The third kappa shape index (κ3) is 4.84. The topological polar surface area (TPSA) is 40.6 Å². The number of carbonyl (C=O) groups is 2. The maximum Gasteiger partial charge on any atom is 0.242 e. The van der Waals surface area contributed by atoms with Crippen molar-refractivity contribution < 1.29 is 9.59 Å². The Morgan fingerprint density at radius 1 is 1.07 bits per heavy atom. The van der Waals surface area contributed by atoms with Crippen LogP contribution in [0.2, 0.25) is 0 Å². The fourth-order valence-corrected chi connectivity index (χ4v) is 4.92. The summed E-state index contributed by atoms with van der Waals surface area (Å²) in [6.07, 6.45) is 6.32. The van der Waals surface area contributed by atoms with Crippen LogP contribution in [0.1, 0.15) is 89.5 Å². The fraction of sp³-hybridized carbons (Fsp3) is 0.680. The van der Waals surface area contributed by atoms with Crippen molar-refractivity contribution in [3.8, 4) is 0 Å². The SMILES string of the molecule is CC.CC.Cc1ccc2c(c1)C1CN(C(=O)C3(C)CCCCC3)CC(=O)N1CC2. The molecule has 2 amide bonds. The summed E-state index contributed by atoms with van der Waals surface area (Å²) in [4.78, 5) is 29.8. The van der Waals surface area contributed by atoms with E-state index in [-0.39, 0.29) is 29.8 Å². The van der Waals surface area contributed by atoms with Crippen LogP contribution >= 0.6 is 0 Å². The smallest absolute Gasteiger partial charge is 0.242 e. The number of piperazine rings is 1. The molecule has 1 aromatic rings. The second-order valence-electron chi connectivity index (χ2n) is 8.36. The lowest BCUT2D eigenvalue weighted by molar-refractivity contribution is -0.155. The lowest BCUT2D eigenvalue weighted by Gasteiger charge is -2.47. The number of amides is 2. The molecular formula is C25H40N2O2. The van der Waals surface area contributed by atoms with Crippen molar-refractivity contribution in [2.45, 2.75) is 86.1 Å². The fourth-order valence-electron chi connectivity index (χ4n) is 4.92. The van der Waals surface area contributed by atoms with Crippen molar-refractivity contribution in [3.63, 3.8) is 0 Å². The minimum absolute atomic E-state index is 0.0287. The standard InChI is InChI=1S/C21H28N2O2.2C2H6/c1-15-6-7-16-8-11-23-18(17(16)12-15)13-22(14-19(23)24)20(25)21(2)9-4-3-5-10-21;2*1-2/h6-7,12,18H,3-5,8-11,13-14H2,1-2H3;2*1-2H3. The Kier molecular flexibility index (Phi) is 8.30. The molecule has 162 valence electrons. The van der Waals surface area contributed by atoms with Crippen LogP contribution in [0.15, 0.2) is 18.2 Å². The van der Waals surface area contributed by atoms with E-state index in [0.717, 1.165) is 38.6 Å². The maximum atomic E-state index is 13.2. The van der Waals surface area contributed by atoms with Crippen molar-refractivity contribution in [3.05, 3.63) is 34.9 Å². The van der Waals surface area contributed by atoms with Gasteiger partial charge < -0.3 is 9.80 Å². The Morgan fingerprint density at radius 3 is 2.38 bits per heavy atom. The van der Waals surface area contributed by atoms with Gasteiger partial charge in [-0.15, -0.1) is 0 Å². The van der Waals surface area contributed by atoms with E-state index >= 15 is 0 Å². The molecular weight excluding hydrogens is 360 g/mol. The number of rotatable bonds is 1. The number of nitrogens with zero attached hydrogens (tertiary/aromatic N) is 2. The summed E-state index contributed by atoms with van der Waals surface area (Å²) in [5, 5.41) is 0. The predicted molar refractivity (Wildman–Crippen MR) is 120 cm³/mol. The van der Waals surface area contributed by atoms with E-state index in [1.165, 1.54) is 23.1 Å². The third-order valence-corrected chi connectivity index (χ3v) is 6.46. The van der Waals surface area contributed by atoms with Crippen LogP contribution in [0.5, 0.6) is 0 Å². The Balaban J connectivity index is 0.000000707. The second-order valence-corrected chi connectivity index (χ2v) is 8.36. The maximum absolute atomic E-state index is 13.2. The first-order chi connectivity index (χ1) is 14.0. The molecule has 2 fully saturated rings. The summed E-state index contributed by atoms with van der Waals surface area (Å²) in [5.74, 6) is 0.302. The molecule has 2 aliphatic heterocycles. The molecule has 0 bridgehead atoms. The zero-order chi connectivity index (χ0) is 21.6. The van der Waals surface area contributed by atoms with Crippen LogP contribution in [0.25, 0.3) is 0 Å². The van der Waals surface area contributed by atoms with E-state index in [2.05, 4.69) is 32.0 Å². The van der Waals surface area contributed by atoms with Crippen molar-refractivity contribution in [1.29, 1.82) is 0 Å². The summed E-state index contributed by atoms with van der Waals surface area (Å²) in [6.45, 7) is 13.9. The lowest BCUT2D eigenvalue weighted by Crippen LogP contribution is -2.58. The van der Waals surface area contributed by atoms with E-state index < -0.39 is 0 Å². The lowest BCUT2D eigenvalue weighted by atomic mass is 9.74. The molecule has 1 aliphatic carbocycles. The van der Waals surface area contributed by atoms with Crippen molar-refractivity contribution >= 4 is 11.8 Å². The predicted octanol–water partition coefficient (Wildman–Crippen LogP) is 5.29. The van der Waals surface area contributed by atoms with E-state index in [1.807, 2.05) is 37.5 Å². The molecule has 0 radical (unpaired) electrons. The van der Waals surface area contributed by atoms with Gasteiger partial charge in [0.15, 0.2) is 0 Å². The molecule has 1 atom stereocenters. The summed E-state index contributed by atoms with van der Waals surface area (Å²) in [5.41, 5.74) is 3.52. The highest BCUT2D eigenvalue weighted by Crippen LogP contribution is 2.40. The highest BCUT2D eigenvalue weighted by molar-refractivity contribution is 5.89. The van der Waals surface area contributed by atoms with Crippen molar-refractivity contribution in [1.82, 2.24) is 9.80 Å². The first-order valence-electron chi connectivity index (χ1n) is 11.7. The molecule has 4 nitrogen and oxygen atoms in total. The van der Waals surface area contributed by atoms with Gasteiger partial charge in [-0.25, -0.2) is 0 Å². The first-order valence-corrected chi connectivity index (χ1v) is 11.7. The van der Waals surface area contributed by atoms with Crippen LogP contribution in [0.4, 0.5) is 0 Å². The summed E-state index contributed by atoms with van der Waals surface area (Å²) in [6, 6.07) is 6.57. The number of aryl methyl sites for hydroxylation is 1. The number of hydrogen-bond donors (Lipinski definition) is 0. The zero-order valence-electron chi connectivity index (χ0n) is 19.4. The van der Waals surface area contributed by atoms with Gasteiger partial charge in [-0.3, -0.25) is 9.59 Å². The van der Waals surface area contributed by atoms with Gasteiger partial charge in [-0.05, 0) is 37.3 Å². The normalized spacial score (nSPS) is 22.3. The average molecular weight is 401 g/mol. The van der Waals surface area contributed by atoms with Gasteiger partial charge in [0.25, 0.3) is 0 Å². The number of benzene rings is 1. The van der Waals surface area contributed by atoms with Gasteiger partial charge in [0.05, 0.1) is 12.6 Å². The van der Waals surface area contributed by atoms with Gasteiger partial charge in [-0.1, -0.05) is 77.6 Å². The second kappa shape index (κ2) is 10.3. The van der Waals surface area contributed by atoms with E-state index in [1.54, 1.807) is 0 Å². The largest absolute Gasteiger partial charge is 0.332 e. The Hall–Kier alpha value is -1.84. The van der Waals surface area contributed by atoms with Crippen LogP contribution in [0.3, 0.4) is 0 Å². The summed E-state index contributed by atoms with van der Waals surface area (Å²) >= 11 is 0. The minimum atomic E-state index is -0.273. The third-order valence-electron chi connectivity index (χ3n) is 6.46. The van der Waals surface area contributed by atoms with E-state index in [0.29, 0.717) is 6.54 Å². The Morgan fingerprint density at radius 2 is 1.72 bits per heavy atom. The Labute approximate surface area is 177 Å². The van der Waals surface area contributed by atoms with E-state index in [9.17, 15) is 9.59 Å². The average Bonchev–Trinajstić information content (AvgIpc) is 2.76. The van der Waals surface area contributed by atoms with E-state index in [4.69, 9.17) is 0 Å². The van der Waals surface area contributed by atoms with Gasteiger partial charge in [-0.2, -0.15) is 0 Å². The van der Waals surface area contributed by atoms with Crippen molar-refractivity contribution in [2.75, 3.05) is 19.6 Å². The molecule has 4 heteroatoms. The highest BCUT2D eigenvalue weighted by atomic mass is 16.2. The first kappa shape index (κ1) is 23.4. The molecule has 1 unspecified atom stereocenters. The molecule has 0 N–H and O–H groups in total. The van der Waals surface area contributed by atoms with Crippen LogP contribution < -0.4 is 0 Å². The quantitative estimate of drug-likeness (QED) is 0.643. The molecule has 0 aromatic heterocycles. The Bertz CT molecular complexity index is 707. The van der Waals surface area contributed by atoms with Crippen LogP contribution in [-0.4, -0.2) is 41.2 Å². The number of fused-ring (bicyclic) bond motifs is 3. The monoisotopic (exact) mass is 400 g/mol. The van der Waals surface area contributed by atoms with Crippen LogP contribution in [0, 0.1) is 12.3 Å². The minimum Gasteiger partial charge on any atom is -0.332 e. The van der Waals surface area contributed by atoms with Gasteiger partial charge in [0.1, 0.15) is 0 Å². The summed E-state index contributed by atoms with van der Waals surface area (Å²) < 4.78 is 0. The van der Waals surface area contributed by atoms with Gasteiger partial charge in [0, 0.05) is 18.5 Å². The molecule has 1 aromatic carbocycles. The molecule has 1 saturated carbocycles. The molecule has 1 saturated heterocycles. The molecule has 4 rings (SSSR count). The van der Waals surface area contributed by atoms with Gasteiger partial charge >= 0.3 is 0 Å². The molecule has 0 spiro atoms. The van der Waals surface area contributed by atoms with Gasteiger partial charge in [0.2, 0.25) is 11.8 Å². The molecule has 29 heavy (non-hydrogen) atoms. The van der Waals surface area contributed by atoms with Crippen molar-refractivity contribution in [2.24, 2.45) is 5.41 Å². The molecule has 2 heterocycles. The number of carbonyl (C=O) groups excluding carboxylic acids is 2. The van der Waals surface area contributed by atoms with Crippen LogP contribution in [-0.2, 0) is 16.0 Å². The molecule has 3 aliphatic rings.